The van der Waals surface area contributed by atoms with Gasteiger partial charge in [0.25, 0.3) is 10.1 Å². The Morgan fingerprint density at radius 3 is 2.18 bits per heavy atom. The van der Waals surface area contributed by atoms with Crippen LogP contribution in [0.3, 0.4) is 0 Å². The molecule has 7 heteroatoms. The van der Waals surface area contributed by atoms with Crippen LogP contribution in [-0.2, 0) is 16.5 Å². The Bertz CT molecular complexity index is 822. The van der Waals surface area contributed by atoms with Gasteiger partial charge in [0.2, 0.25) is 0 Å². The maximum atomic E-state index is 12.4. The fourth-order valence-electron chi connectivity index (χ4n) is 2.96. The molecule has 0 saturated carbocycles. The minimum absolute atomic E-state index is 0. The van der Waals surface area contributed by atoms with Gasteiger partial charge >= 0.3 is 29.6 Å². The zero-order chi connectivity index (χ0) is 19.7. The predicted molar refractivity (Wildman–Crippen MR) is 104 cm³/mol. The predicted octanol–water partition coefficient (Wildman–Crippen LogP) is 2.10. The summed E-state index contributed by atoms with van der Waals surface area (Å²) in [5.41, 5.74) is 0.599. The van der Waals surface area contributed by atoms with Crippen molar-refractivity contribution in [3.05, 3.63) is 48.0 Å². The van der Waals surface area contributed by atoms with Crippen molar-refractivity contribution < 1.29 is 52.4 Å². The molecule has 2 aromatic carbocycles. The number of ether oxygens (including phenoxy) is 1. The van der Waals surface area contributed by atoms with Gasteiger partial charge in [0.15, 0.2) is 0 Å². The molecule has 0 unspecified atom stereocenters. The second kappa shape index (κ2) is 12.5. The summed E-state index contributed by atoms with van der Waals surface area (Å²) >= 11 is 0. The van der Waals surface area contributed by atoms with Gasteiger partial charge in [0.05, 0.1) is 0 Å². The molecule has 2 aromatic rings. The van der Waals surface area contributed by atoms with Gasteiger partial charge in [0, 0.05) is 0 Å². The topological polar surface area (TPSA) is 86.7 Å². The molecule has 0 heterocycles. The number of benzene rings is 2. The zero-order valence-corrected chi connectivity index (χ0v) is 19.5. The first-order chi connectivity index (χ1) is 12.9. The third-order valence-electron chi connectivity index (χ3n) is 4.39. The number of hydrogen-bond acceptors (Lipinski definition) is 4. The SMILES string of the molecule is CCCCCCCCCc1cc([O-])c(Oc2ccccc2)c(S(=O)(=O)O)c1.[Na+]. The van der Waals surface area contributed by atoms with Crippen molar-refractivity contribution in [2.75, 3.05) is 0 Å². The van der Waals surface area contributed by atoms with Crippen molar-refractivity contribution in [1.29, 1.82) is 0 Å². The molecule has 0 aliphatic carbocycles. The molecule has 0 spiro atoms. The van der Waals surface area contributed by atoms with E-state index < -0.39 is 20.8 Å². The van der Waals surface area contributed by atoms with Crippen LogP contribution in [-0.4, -0.2) is 13.0 Å². The molecule has 0 atom stereocenters. The molecule has 0 fully saturated rings. The number of unbranched alkanes of at least 4 members (excludes halogenated alkanes) is 6. The fourth-order valence-corrected chi connectivity index (χ4v) is 3.64. The largest absolute Gasteiger partial charge is 1.00 e. The first kappa shape index (κ1) is 25.0. The summed E-state index contributed by atoms with van der Waals surface area (Å²) in [4.78, 5) is -0.475. The molecule has 5 nitrogen and oxygen atoms in total. The van der Waals surface area contributed by atoms with Gasteiger partial charge in [-0.05, 0) is 36.6 Å². The van der Waals surface area contributed by atoms with Crippen molar-refractivity contribution in [3.8, 4) is 17.2 Å². The third kappa shape index (κ3) is 8.13. The van der Waals surface area contributed by atoms with E-state index in [9.17, 15) is 18.1 Å². The van der Waals surface area contributed by atoms with E-state index in [1.165, 1.54) is 37.8 Å². The van der Waals surface area contributed by atoms with Crippen LogP contribution in [0.15, 0.2) is 47.4 Å². The van der Waals surface area contributed by atoms with Crippen molar-refractivity contribution in [3.63, 3.8) is 0 Å². The van der Waals surface area contributed by atoms with E-state index >= 15 is 0 Å². The second-order valence-electron chi connectivity index (χ2n) is 6.68. The summed E-state index contributed by atoms with van der Waals surface area (Å²) in [6.45, 7) is 2.18. The molecular weight excluding hydrogens is 387 g/mol. The standard InChI is InChI=1S/C21H28O5S.Na/c1-2-3-4-5-6-7-9-12-17-15-19(22)21(20(16-17)27(23,24)25)26-18-13-10-8-11-14-18;/h8,10-11,13-16,22H,2-7,9,12H2,1H3,(H,23,24,25);/q;+1/p-1. The zero-order valence-electron chi connectivity index (χ0n) is 16.7. The molecule has 0 saturated heterocycles. The summed E-state index contributed by atoms with van der Waals surface area (Å²) in [5.74, 6) is -0.585. The van der Waals surface area contributed by atoms with E-state index in [1.54, 1.807) is 30.3 Å². The summed E-state index contributed by atoms with van der Waals surface area (Å²) in [6, 6.07) is 11.2. The average Bonchev–Trinajstić information content (AvgIpc) is 2.63. The van der Waals surface area contributed by atoms with Gasteiger partial charge in [-0.1, -0.05) is 75.5 Å². The van der Waals surface area contributed by atoms with E-state index in [4.69, 9.17) is 4.74 Å². The number of hydrogen-bond donors (Lipinski definition) is 1. The summed E-state index contributed by atoms with van der Waals surface area (Å²) in [5, 5.41) is 12.4. The van der Waals surface area contributed by atoms with E-state index in [-0.39, 0.29) is 35.3 Å². The maximum absolute atomic E-state index is 12.4. The smallest absolute Gasteiger partial charge is 0.870 e. The van der Waals surface area contributed by atoms with Crippen molar-refractivity contribution in [2.45, 2.75) is 63.2 Å². The molecule has 0 aliphatic rings. The van der Waals surface area contributed by atoms with Gasteiger partial charge in [-0.15, -0.1) is 0 Å². The van der Waals surface area contributed by atoms with E-state index in [0.717, 1.165) is 19.3 Å². The molecule has 2 rings (SSSR count). The van der Waals surface area contributed by atoms with Gasteiger partial charge in [-0.2, -0.15) is 8.42 Å². The van der Waals surface area contributed by atoms with Crippen LogP contribution < -0.4 is 39.4 Å². The van der Waals surface area contributed by atoms with Crippen LogP contribution in [0.2, 0.25) is 0 Å². The van der Waals surface area contributed by atoms with Crippen molar-refractivity contribution in [2.24, 2.45) is 0 Å². The maximum Gasteiger partial charge on any atom is 1.00 e. The minimum atomic E-state index is -4.57. The number of rotatable bonds is 11. The average molecular weight is 414 g/mol. The summed E-state index contributed by atoms with van der Waals surface area (Å²) in [7, 11) is -4.57. The number of para-hydroxylation sites is 1. The third-order valence-corrected chi connectivity index (χ3v) is 5.25. The van der Waals surface area contributed by atoms with Crippen LogP contribution in [0.4, 0.5) is 0 Å². The van der Waals surface area contributed by atoms with Crippen LogP contribution in [0.25, 0.3) is 0 Å². The van der Waals surface area contributed by atoms with Crippen molar-refractivity contribution in [1.82, 2.24) is 0 Å². The van der Waals surface area contributed by atoms with Crippen LogP contribution >= 0.6 is 0 Å². The quantitative estimate of drug-likeness (QED) is 0.346. The molecule has 0 aliphatic heterocycles. The molecule has 28 heavy (non-hydrogen) atoms. The van der Waals surface area contributed by atoms with Gasteiger partial charge in [0.1, 0.15) is 16.4 Å². The molecule has 0 amide bonds. The van der Waals surface area contributed by atoms with Crippen LogP contribution in [0.5, 0.6) is 17.2 Å². The molecule has 0 bridgehead atoms. The normalized spacial score (nSPS) is 11.1. The molecule has 148 valence electrons. The Hall–Kier alpha value is -1.05. The Balaban J connectivity index is 0.00000392. The fraction of sp³-hybridized carbons (Fsp3) is 0.429. The first-order valence-electron chi connectivity index (χ1n) is 9.46. The first-order valence-corrected chi connectivity index (χ1v) is 10.9. The van der Waals surface area contributed by atoms with Crippen LogP contribution in [0.1, 0.15) is 57.4 Å². The summed E-state index contributed by atoms with van der Waals surface area (Å²) in [6.07, 6.45) is 8.52. The Kier molecular flexibility index (Phi) is 11.2. The van der Waals surface area contributed by atoms with E-state index in [2.05, 4.69) is 6.92 Å². The van der Waals surface area contributed by atoms with E-state index in [1.807, 2.05) is 0 Å². The Morgan fingerprint density at radius 1 is 0.964 bits per heavy atom. The molecule has 0 radical (unpaired) electrons. The Labute approximate surface area is 190 Å². The van der Waals surface area contributed by atoms with Gasteiger partial charge in [-0.3, -0.25) is 4.55 Å². The van der Waals surface area contributed by atoms with E-state index in [0.29, 0.717) is 17.7 Å². The monoisotopic (exact) mass is 414 g/mol. The Morgan fingerprint density at radius 2 is 1.57 bits per heavy atom. The van der Waals surface area contributed by atoms with Gasteiger partial charge < -0.3 is 9.84 Å². The number of aryl methyl sites for hydroxylation is 1. The second-order valence-corrected chi connectivity index (χ2v) is 8.07. The molecule has 1 N–H and O–H groups in total. The molecular formula is C21H27NaO5S. The van der Waals surface area contributed by atoms with Crippen LogP contribution in [0, 0.1) is 0 Å². The minimum Gasteiger partial charge on any atom is -0.870 e. The molecule has 0 aromatic heterocycles. The summed E-state index contributed by atoms with van der Waals surface area (Å²) < 4.78 is 38.5. The van der Waals surface area contributed by atoms with Crippen molar-refractivity contribution >= 4 is 10.1 Å². The van der Waals surface area contributed by atoms with Gasteiger partial charge in [-0.25, -0.2) is 0 Å².